The number of hydrogen-bond donors (Lipinski definition) is 1. The first-order chi connectivity index (χ1) is 14.9. The normalized spacial score (nSPS) is 11.9. The van der Waals surface area contributed by atoms with Gasteiger partial charge in [-0.1, -0.05) is 54.6 Å². The highest BCUT2D eigenvalue weighted by atomic mass is 32.2. The van der Waals surface area contributed by atoms with Gasteiger partial charge in [0.15, 0.2) is 21.1 Å². The molecule has 3 aromatic carbocycles. The van der Waals surface area contributed by atoms with Crippen LogP contribution in [0.25, 0.3) is 33.3 Å². The van der Waals surface area contributed by atoms with Gasteiger partial charge < -0.3 is 0 Å². The Hall–Kier alpha value is -3.78. The molecule has 7 nitrogen and oxygen atoms in total. The maximum absolute atomic E-state index is 12.6. The lowest BCUT2D eigenvalue weighted by Crippen LogP contribution is -2.17. The molecular formula is C23H18N4O3S. The summed E-state index contributed by atoms with van der Waals surface area (Å²) in [6, 6.07) is 20.5. The van der Waals surface area contributed by atoms with Gasteiger partial charge in [0.1, 0.15) is 0 Å². The summed E-state index contributed by atoms with van der Waals surface area (Å²) in [5, 5.41) is 2.15. The fourth-order valence-electron chi connectivity index (χ4n) is 3.67. The number of nitrogens with zero attached hydrogens (tertiary/aromatic N) is 3. The Kier molecular flexibility index (Phi) is 4.44. The smallest absolute Gasteiger partial charge is 0.289 e. The van der Waals surface area contributed by atoms with E-state index in [9.17, 15) is 13.2 Å². The van der Waals surface area contributed by atoms with Crippen molar-refractivity contribution in [3.8, 4) is 11.3 Å². The van der Waals surface area contributed by atoms with Gasteiger partial charge in [-0.3, -0.25) is 9.55 Å². The number of nitrogens with one attached hydrogen (secondary N) is 1. The minimum Gasteiger partial charge on any atom is -0.289 e. The molecule has 1 N–H and O–H groups in total. The second-order valence-electron chi connectivity index (χ2n) is 7.39. The van der Waals surface area contributed by atoms with Gasteiger partial charge in [0.25, 0.3) is 0 Å². The topological polar surface area (TPSA) is 97.7 Å². The van der Waals surface area contributed by atoms with E-state index >= 15 is 0 Å². The molecule has 0 aliphatic carbocycles. The lowest BCUT2D eigenvalue weighted by molar-refractivity contribution is 0.602. The van der Waals surface area contributed by atoms with Crippen LogP contribution in [0.5, 0.6) is 0 Å². The molecule has 0 amide bonds. The summed E-state index contributed by atoms with van der Waals surface area (Å²) in [7, 11) is -3.28. The van der Waals surface area contributed by atoms with Gasteiger partial charge in [-0.05, 0) is 28.5 Å². The molecule has 0 atom stereocenters. The van der Waals surface area contributed by atoms with E-state index in [1.807, 2.05) is 42.5 Å². The highest BCUT2D eigenvalue weighted by Gasteiger charge is 2.14. The first kappa shape index (κ1) is 19.2. The van der Waals surface area contributed by atoms with Crippen LogP contribution in [0.4, 0.5) is 0 Å². The van der Waals surface area contributed by atoms with Crippen molar-refractivity contribution in [3.63, 3.8) is 0 Å². The predicted molar refractivity (Wildman–Crippen MR) is 120 cm³/mol. The zero-order valence-corrected chi connectivity index (χ0v) is 17.4. The van der Waals surface area contributed by atoms with Gasteiger partial charge in [-0.2, -0.15) is 0 Å². The Bertz CT molecular complexity index is 1590. The lowest BCUT2D eigenvalue weighted by atomic mass is 10.0. The second-order valence-corrected chi connectivity index (χ2v) is 9.40. The van der Waals surface area contributed by atoms with Crippen molar-refractivity contribution in [2.45, 2.75) is 11.4 Å². The Morgan fingerprint density at radius 2 is 1.71 bits per heavy atom. The number of aromatic nitrogens is 4. The van der Waals surface area contributed by atoms with Crippen LogP contribution in [0.15, 0.2) is 82.6 Å². The van der Waals surface area contributed by atoms with E-state index < -0.39 is 9.84 Å². The number of sulfone groups is 1. The number of H-pyrrole nitrogens is 1. The van der Waals surface area contributed by atoms with Crippen molar-refractivity contribution in [2.24, 2.45) is 0 Å². The SMILES string of the molecule is CS(=O)(=O)c1ccc(Cn2c(=O)[nH]c3ncc(-c4cccc5ccccc45)nc32)cc1. The Morgan fingerprint density at radius 3 is 2.48 bits per heavy atom. The van der Waals surface area contributed by atoms with E-state index in [1.54, 1.807) is 18.3 Å². The van der Waals surface area contributed by atoms with E-state index in [0.29, 0.717) is 17.0 Å². The third-order valence-electron chi connectivity index (χ3n) is 5.24. The molecule has 5 aromatic rings. The van der Waals surface area contributed by atoms with Crippen molar-refractivity contribution in [3.05, 3.63) is 89.0 Å². The molecular weight excluding hydrogens is 412 g/mol. The molecule has 0 aliphatic rings. The van der Waals surface area contributed by atoms with E-state index in [1.165, 1.54) is 16.7 Å². The van der Waals surface area contributed by atoms with Crippen molar-refractivity contribution in [1.29, 1.82) is 0 Å². The second kappa shape index (κ2) is 7.17. The van der Waals surface area contributed by atoms with Crippen LogP contribution < -0.4 is 5.69 Å². The molecule has 0 unspecified atom stereocenters. The maximum Gasteiger partial charge on any atom is 0.329 e. The van der Waals surface area contributed by atoms with Crippen LogP contribution in [0.3, 0.4) is 0 Å². The van der Waals surface area contributed by atoms with Crippen LogP contribution >= 0.6 is 0 Å². The van der Waals surface area contributed by atoms with Gasteiger partial charge in [-0.15, -0.1) is 0 Å². The zero-order chi connectivity index (χ0) is 21.6. The molecule has 31 heavy (non-hydrogen) atoms. The van der Waals surface area contributed by atoms with Crippen LogP contribution in [-0.2, 0) is 16.4 Å². The number of hydrogen-bond acceptors (Lipinski definition) is 5. The first-order valence-electron chi connectivity index (χ1n) is 9.63. The summed E-state index contributed by atoms with van der Waals surface area (Å²) in [5.41, 5.74) is 2.92. The maximum atomic E-state index is 12.6. The minimum absolute atomic E-state index is 0.237. The summed E-state index contributed by atoms with van der Waals surface area (Å²) in [5.74, 6) is 0. The number of rotatable bonds is 4. The van der Waals surface area contributed by atoms with E-state index in [4.69, 9.17) is 4.98 Å². The Morgan fingerprint density at radius 1 is 0.968 bits per heavy atom. The van der Waals surface area contributed by atoms with E-state index in [0.717, 1.165) is 28.2 Å². The summed E-state index contributed by atoms with van der Waals surface area (Å²) in [4.78, 5) is 24.7. The molecule has 0 bridgehead atoms. The molecule has 0 radical (unpaired) electrons. The molecule has 5 rings (SSSR count). The third kappa shape index (κ3) is 3.51. The fourth-order valence-corrected chi connectivity index (χ4v) is 4.30. The Labute approximate surface area is 178 Å². The molecule has 0 saturated heterocycles. The van der Waals surface area contributed by atoms with Gasteiger partial charge in [0.05, 0.1) is 23.3 Å². The molecule has 0 saturated carbocycles. The summed E-state index contributed by atoms with van der Waals surface area (Å²) in [6.45, 7) is 0.247. The Balaban J connectivity index is 1.60. The van der Waals surface area contributed by atoms with Gasteiger partial charge >= 0.3 is 5.69 Å². The molecule has 0 fully saturated rings. The average Bonchev–Trinajstić information content (AvgIpc) is 3.07. The summed E-state index contributed by atoms with van der Waals surface area (Å²) in [6.07, 6.45) is 2.82. The largest absolute Gasteiger partial charge is 0.329 e. The van der Waals surface area contributed by atoms with Crippen LogP contribution in [0.2, 0.25) is 0 Å². The van der Waals surface area contributed by atoms with Gasteiger partial charge in [0.2, 0.25) is 0 Å². The van der Waals surface area contributed by atoms with Gasteiger partial charge in [-0.25, -0.2) is 23.2 Å². The van der Waals surface area contributed by atoms with Crippen LogP contribution in [0, 0.1) is 0 Å². The molecule has 154 valence electrons. The van der Waals surface area contributed by atoms with Crippen molar-refractivity contribution < 1.29 is 8.42 Å². The number of fused-ring (bicyclic) bond motifs is 2. The zero-order valence-electron chi connectivity index (χ0n) is 16.6. The minimum atomic E-state index is -3.28. The summed E-state index contributed by atoms with van der Waals surface area (Å²) < 4.78 is 24.9. The van der Waals surface area contributed by atoms with Crippen LogP contribution in [0.1, 0.15) is 5.56 Å². The molecule has 0 aliphatic heterocycles. The highest BCUT2D eigenvalue weighted by molar-refractivity contribution is 7.90. The van der Waals surface area contributed by atoms with Crippen molar-refractivity contribution in [1.82, 2.24) is 19.5 Å². The number of benzene rings is 3. The fraction of sp³-hybridized carbons (Fsp3) is 0.0870. The third-order valence-corrected chi connectivity index (χ3v) is 6.37. The van der Waals surface area contributed by atoms with Gasteiger partial charge in [0, 0.05) is 11.8 Å². The van der Waals surface area contributed by atoms with Crippen molar-refractivity contribution in [2.75, 3.05) is 6.26 Å². The summed E-state index contributed by atoms with van der Waals surface area (Å²) >= 11 is 0. The van der Waals surface area contributed by atoms with E-state index in [2.05, 4.69) is 9.97 Å². The average molecular weight is 430 g/mol. The monoisotopic (exact) mass is 430 g/mol. The molecule has 0 spiro atoms. The number of aromatic amines is 1. The van der Waals surface area contributed by atoms with E-state index in [-0.39, 0.29) is 17.1 Å². The van der Waals surface area contributed by atoms with Crippen LogP contribution in [-0.4, -0.2) is 34.2 Å². The predicted octanol–water partition coefficient (Wildman–Crippen LogP) is 3.39. The molecule has 8 heteroatoms. The quantitative estimate of drug-likeness (QED) is 0.471. The highest BCUT2D eigenvalue weighted by Crippen LogP contribution is 2.27. The number of imidazole rings is 1. The first-order valence-corrected chi connectivity index (χ1v) is 11.5. The standard InChI is InChI=1S/C23H18N4O3S/c1-31(29,30)17-11-9-15(10-12-17)14-27-22-21(26-23(27)28)24-13-20(25-22)19-8-4-6-16-5-2-3-7-18(16)19/h2-13H,14H2,1H3,(H,24,26,28). The molecule has 2 heterocycles. The molecule has 2 aromatic heterocycles. The lowest BCUT2D eigenvalue weighted by Gasteiger charge is -2.07. The van der Waals surface area contributed by atoms with Crippen molar-refractivity contribution >= 4 is 31.9 Å².